The second kappa shape index (κ2) is 3.19. The molecule has 0 bridgehead atoms. The number of ether oxygens (including phenoxy) is 2. The quantitative estimate of drug-likeness (QED) is 0.648. The number of rotatable bonds is 1. The molecule has 0 fully saturated rings. The van der Waals surface area contributed by atoms with E-state index in [0.717, 1.165) is 0 Å². The maximum Gasteiger partial charge on any atom is 0.335 e. The minimum Gasteiger partial charge on any atom is -0.478 e. The van der Waals surface area contributed by atoms with Crippen LogP contribution in [-0.2, 0) is 11.3 Å². The number of hydrogen-bond donors (Lipinski definition) is 2. The Labute approximate surface area is 80.0 Å². The van der Waals surface area contributed by atoms with E-state index in [2.05, 4.69) is 0 Å². The van der Waals surface area contributed by atoms with E-state index < -0.39 is 5.97 Å². The summed E-state index contributed by atoms with van der Waals surface area (Å²) in [5.41, 5.74) is 6.80. The number of carboxylic acids is 1. The van der Waals surface area contributed by atoms with Gasteiger partial charge in [-0.25, -0.2) is 4.79 Å². The fraction of sp³-hybridized carbons (Fsp3) is 0.222. The van der Waals surface area contributed by atoms with Gasteiger partial charge in [-0.15, -0.1) is 0 Å². The van der Waals surface area contributed by atoms with Crippen molar-refractivity contribution in [3.8, 4) is 5.75 Å². The summed E-state index contributed by atoms with van der Waals surface area (Å²) in [4.78, 5) is 10.7. The predicted molar refractivity (Wildman–Crippen MR) is 48.1 cm³/mol. The van der Waals surface area contributed by atoms with E-state index in [9.17, 15) is 4.79 Å². The molecule has 3 N–H and O–H groups in total. The van der Waals surface area contributed by atoms with Crippen molar-refractivity contribution in [3.63, 3.8) is 0 Å². The van der Waals surface area contributed by atoms with Crippen molar-refractivity contribution in [1.82, 2.24) is 0 Å². The van der Waals surface area contributed by atoms with Crippen LogP contribution >= 0.6 is 0 Å². The van der Waals surface area contributed by atoms with Gasteiger partial charge in [-0.3, -0.25) is 0 Å². The Kier molecular flexibility index (Phi) is 2.01. The molecule has 0 aromatic heterocycles. The van der Waals surface area contributed by atoms with Gasteiger partial charge in [-0.05, 0) is 12.1 Å². The van der Waals surface area contributed by atoms with Crippen LogP contribution in [0.15, 0.2) is 12.1 Å². The van der Waals surface area contributed by atoms with Gasteiger partial charge in [-0.2, -0.15) is 0 Å². The standard InChI is InChI=1S/C9H9NO4/c10-7-2-5(9(11)12)1-6-3-13-4-14-8(6)7/h1-2H,3-4,10H2,(H,11,12). The van der Waals surface area contributed by atoms with Gasteiger partial charge in [0.25, 0.3) is 0 Å². The molecule has 1 aromatic rings. The summed E-state index contributed by atoms with van der Waals surface area (Å²) in [7, 11) is 0. The first kappa shape index (κ1) is 8.83. The molecule has 0 saturated carbocycles. The number of nitrogens with two attached hydrogens (primary N) is 1. The van der Waals surface area contributed by atoms with Crippen LogP contribution in [0.2, 0.25) is 0 Å². The van der Waals surface area contributed by atoms with Crippen molar-refractivity contribution in [2.75, 3.05) is 12.5 Å². The molecule has 0 atom stereocenters. The highest BCUT2D eigenvalue weighted by Gasteiger charge is 2.17. The Bertz CT molecular complexity index is 389. The van der Waals surface area contributed by atoms with Crippen molar-refractivity contribution in [2.45, 2.75) is 6.61 Å². The van der Waals surface area contributed by atoms with Crippen molar-refractivity contribution in [2.24, 2.45) is 0 Å². The van der Waals surface area contributed by atoms with Gasteiger partial charge in [-0.1, -0.05) is 0 Å². The molecule has 5 nitrogen and oxygen atoms in total. The molecule has 14 heavy (non-hydrogen) atoms. The molecule has 0 aliphatic carbocycles. The second-order valence-corrected chi connectivity index (χ2v) is 2.97. The summed E-state index contributed by atoms with van der Waals surface area (Å²) >= 11 is 0. The van der Waals surface area contributed by atoms with Crippen LogP contribution in [0.3, 0.4) is 0 Å². The SMILES string of the molecule is Nc1cc(C(=O)O)cc2c1OCOC2. The first-order valence-electron chi connectivity index (χ1n) is 4.04. The predicted octanol–water partition coefficient (Wildman–Crippen LogP) is 0.834. The molecule has 0 unspecified atom stereocenters. The molecule has 0 radical (unpaired) electrons. The largest absolute Gasteiger partial charge is 0.478 e. The highest BCUT2D eigenvalue weighted by atomic mass is 16.7. The number of aromatic carboxylic acids is 1. The topological polar surface area (TPSA) is 81.8 Å². The van der Waals surface area contributed by atoms with Crippen LogP contribution in [0.25, 0.3) is 0 Å². The first-order valence-corrected chi connectivity index (χ1v) is 4.04. The summed E-state index contributed by atoms with van der Waals surface area (Å²) in [5.74, 6) is -0.480. The maximum atomic E-state index is 10.7. The fourth-order valence-corrected chi connectivity index (χ4v) is 1.37. The van der Waals surface area contributed by atoms with E-state index in [1.807, 2.05) is 0 Å². The monoisotopic (exact) mass is 195 g/mol. The normalized spacial score (nSPS) is 14.3. The molecule has 1 heterocycles. The number of fused-ring (bicyclic) bond motifs is 1. The van der Waals surface area contributed by atoms with Gasteiger partial charge in [0.05, 0.1) is 17.9 Å². The zero-order chi connectivity index (χ0) is 10.1. The summed E-state index contributed by atoms with van der Waals surface area (Å²) in [6, 6.07) is 2.89. The van der Waals surface area contributed by atoms with Crippen LogP contribution in [0.1, 0.15) is 15.9 Å². The van der Waals surface area contributed by atoms with Crippen LogP contribution in [0, 0.1) is 0 Å². The van der Waals surface area contributed by atoms with E-state index in [-0.39, 0.29) is 12.4 Å². The average molecular weight is 195 g/mol. The van der Waals surface area contributed by atoms with Gasteiger partial charge in [0.15, 0.2) is 12.5 Å². The molecular formula is C9H9NO4. The second-order valence-electron chi connectivity index (χ2n) is 2.97. The van der Waals surface area contributed by atoms with E-state index in [4.69, 9.17) is 20.3 Å². The van der Waals surface area contributed by atoms with Crippen molar-refractivity contribution in [3.05, 3.63) is 23.3 Å². The molecular weight excluding hydrogens is 186 g/mol. The maximum absolute atomic E-state index is 10.7. The Balaban J connectivity index is 2.51. The molecule has 0 saturated heterocycles. The lowest BCUT2D eigenvalue weighted by Gasteiger charge is -2.19. The van der Waals surface area contributed by atoms with E-state index >= 15 is 0 Å². The van der Waals surface area contributed by atoms with Gasteiger partial charge in [0, 0.05) is 5.56 Å². The Morgan fingerprint density at radius 1 is 1.50 bits per heavy atom. The number of carboxylic acid groups (broad SMARTS) is 1. The highest BCUT2D eigenvalue weighted by molar-refractivity contribution is 5.90. The molecule has 0 amide bonds. The van der Waals surface area contributed by atoms with Gasteiger partial charge < -0.3 is 20.3 Å². The lowest BCUT2D eigenvalue weighted by Crippen LogP contribution is -2.14. The number of benzene rings is 1. The number of anilines is 1. The highest BCUT2D eigenvalue weighted by Crippen LogP contribution is 2.31. The number of nitrogen functional groups attached to an aromatic ring is 1. The molecule has 0 spiro atoms. The average Bonchev–Trinajstić information content (AvgIpc) is 2.17. The molecule has 1 aliphatic rings. The fourth-order valence-electron chi connectivity index (χ4n) is 1.37. The number of carbonyl (C=O) groups is 1. The summed E-state index contributed by atoms with van der Waals surface area (Å²) in [5, 5.41) is 8.77. The Hall–Kier alpha value is -1.75. The van der Waals surface area contributed by atoms with Gasteiger partial charge in [0.1, 0.15) is 0 Å². The van der Waals surface area contributed by atoms with Crippen LogP contribution < -0.4 is 10.5 Å². The third-order valence-electron chi connectivity index (χ3n) is 1.99. The zero-order valence-electron chi connectivity index (χ0n) is 7.32. The van der Waals surface area contributed by atoms with E-state index in [1.54, 1.807) is 0 Å². The minimum atomic E-state index is -1.01. The molecule has 74 valence electrons. The lowest BCUT2D eigenvalue weighted by molar-refractivity contribution is -0.0158. The molecule has 1 aliphatic heterocycles. The van der Waals surface area contributed by atoms with Crippen LogP contribution in [-0.4, -0.2) is 17.9 Å². The van der Waals surface area contributed by atoms with Gasteiger partial charge in [0.2, 0.25) is 0 Å². The Morgan fingerprint density at radius 2 is 2.29 bits per heavy atom. The smallest absolute Gasteiger partial charge is 0.335 e. The summed E-state index contributed by atoms with van der Waals surface area (Å²) in [6.07, 6.45) is 0. The van der Waals surface area contributed by atoms with E-state index in [0.29, 0.717) is 23.6 Å². The first-order chi connectivity index (χ1) is 6.68. The third kappa shape index (κ3) is 1.38. The number of hydrogen-bond acceptors (Lipinski definition) is 4. The minimum absolute atomic E-state index is 0.148. The zero-order valence-corrected chi connectivity index (χ0v) is 7.32. The summed E-state index contributed by atoms with van der Waals surface area (Å²) < 4.78 is 10.2. The van der Waals surface area contributed by atoms with Crippen LogP contribution in [0.5, 0.6) is 5.75 Å². The van der Waals surface area contributed by atoms with Crippen LogP contribution in [0.4, 0.5) is 5.69 Å². The van der Waals surface area contributed by atoms with Crippen molar-refractivity contribution < 1.29 is 19.4 Å². The molecule has 2 rings (SSSR count). The Morgan fingerprint density at radius 3 is 3.00 bits per heavy atom. The summed E-state index contributed by atoms with van der Waals surface area (Å²) in [6.45, 7) is 0.490. The van der Waals surface area contributed by atoms with Crippen molar-refractivity contribution in [1.29, 1.82) is 0 Å². The van der Waals surface area contributed by atoms with E-state index in [1.165, 1.54) is 12.1 Å². The lowest BCUT2D eigenvalue weighted by atomic mass is 10.1. The van der Waals surface area contributed by atoms with Crippen molar-refractivity contribution >= 4 is 11.7 Å². The molecule has 5 heteroatoms. The molecule has 1 aromatic carbocycles. The third-order valence-corrected chi connectivity index (χ3v) is 1.99. The van der Waals surface area contributed by atoms with Gasteiger partial charge >= 0.3 is 5.97 Å².